The smallest absolute Gasteiger partial charge is 0.128 e. The van der Waals surface area contributed by atoms with Crippen LogP contribution in [0.3, 0.4) is 0 Å². The van der Waals surface area contributed by atoms with Crippen LogP contribution in [0.1, 0.15) is 13.3 Å². The summed E-state index contributed by atoms with van der Waals surface area (Å²) in [6.07, 6.45) is 3.04. The van der Waals surface area contributed by atoms with Crippen molar-refractivity contribution in [2.45, 2.75) is 13.3 Å². The van der Waals surface area contributed by atoms with E-state index in [1.54, 1.807) is 0 Å². The zero-order valence-corrected chi connectivity index (χ0v) is 12.5. The summed E-state index contributed by atoms with van der Waals surface area (Å²) >= 11 is 0. The molecule has 2 heterocycles. The van der Waals surface area contributed by atoms with Gasteiger partial charge in [-0.3, -0.25) is 4.90 Å². The van der Waals surface area contributed by atoms with E-state index in [4.69, 9.17) is 0 Å². The summed E-state index contributed by atoms with van der Waals surface area (Å²) in [7, 11) is 0. The fourth-order valence-electron chi connectivity index (χ4n) is 2.49. The first-order chi connectivity index (χ1) is 9.79. The molecule has 4 nitrogen and oxygen atoms in total. The van der Waals surface area contributed by atoms with Crippen LogP contribution in [0.5, 0.6) is 0 Å². The number of pyridine rings is 1. The van der Waals surface area contributed by atoms with Crippen molar-refractivity contribution in [2.24, 2.45) is 0 Å². The molecule has 0 spiro atoms. The van der Waals surface area contributed by atoms with Crippen molar-refractivity contribution >= 4 is 5.82 Å². The van der Waals surface area contributed by atoms with Gasteiger partial charge in [-0.15, -0.1) is 0 Å². The van der Waals surface area contributed by atoms with E-state index < -0.39 is 0 Å². The molecule has 1 aliphatic rings. The van der Waals surface area contributed by atoms with Crippen LogP contribution in [0.15, 0.2) is 36.5 Å². The molecule has 1 aliphatic heterocycles. The molecule has 0 unspecified atom stereocenters. The molecule has 1 N–H and O–H groups in total. The third-order valence-electron chi connectivity index (χ3n) is 3.59. The molecule has 20 heavy (non-hydrogen) atoms. The second-order valence-electron chi connectivity index (χ2n) is 5.38. The van der Waals surface area contributed by atoms with Gasteiger partial charge in [0.1, 0.15) is 5.82 Å². The first-order valence-corrected chi connectivity index (χ1v) is 7.55. The molecule has 1 fully saturated rings. The normalized spacial score (nSPS) is 16.4. The largest absolute Gasteiger partial charge is 0.354 e. The van der Waals surface area contributed by atoms with Crippen molar-refractivity contribution in [3.8, 4) is 0 Å². The van der Waals surface area contributed by atoms with Gasteiger partial charge >= 0.3 is 0 Å². The van der Waals surface area contributed by atoms with Crippen LogP contribution in [0.2, 0.25) is 0 Å². The van der Waals surface area contributed by atoms with Gasteiger partial charge in [-0.05, 0) is 30.7 Å². The molecule has 0 bridgehead atoms. The Hall–Kier alpha value is -1.39. The van der Waals surface area contributed by atoms with Crippen LogP contribution >= 0.6 is 0 Å². The summed E-state index contributed by atoms with van der Waals surface area (Å²) in [5, 5.41) is 3.41. The van der Waals surface area contributed by atoms with E-state index in [1.807, 2.05) is 12.3 Å². The minimum absolute atomic E-state index is 0.939. The third kappa shape index (κ3) is 4.62. The molecule has 0 amide bonds. The van der Waals surface area contributed by atoms with Crippen LogP contribution in [0.4, 0.5) is 5.82 Å². The Balaban J connectivity index is 1.70. The Morgan fingerprint density at radius 3 is 2.75 bits per heavy atom. The molecule has 4 heteroatoms. The third-order valence-corrected chi connectivity index (χ3v) is 3.59. The van der Waals surface area contributed by atoms with E-state index >= 15 is 0 Å². The maximum Gasteiger partial charge on any atom is 0.128 e. The maximum absolute atomic E-state index is 4.42. The minimum Gasteiger partial charge on any atom is -0.354 e. The second kappa shape index (κ2) is 8.02. The second-order valence-corrected chi connectivity index (χ2v) is 5.38. The van der Waals surface area contributed by atoms with Crippen LogP contribution < -0.4 is 10.2 Å². The fraction of sp³-hybridized carbons (Fsp3) is 0.562. The lowest BCUT2D eigenvalue weighted by molar-refractivity contribution is 0.276. The van der Waals surface area contributed by atoms with E-state index in [1.165, 1.54) is 12.0 Å². The van der Waals surface area contributed by atoms with Gasteiger partial charge in [0, 0.05) is 45.5 Å². The van der Waals surface area contributed by atoms with E-state index in [9.17, 15) is 0 Å². The Morgan fingerprint density at radius 1 is 1.30 bits per heavy atom. The molecule has 110 valence electrons. The van der Waals surface area contributed by atoms with Gasteiger partial charge in [-0.1, -0.05) is 19.6 Å². The number of hydrogen-bond donors (Lipinski definition) is 1. The van der Waals surface area contributed by atoms with E-state index in [-0.39, 0.29) is 0 Å². The number of piperazine rings is 1. The van der Waals surface area contributed by atoms with Gasteiger partial charge in [-0.2, -0.15) is 0 Å². The topological polar surface area (TPSA) is 31.4 Å². The molecule has 1 aromatic heterocycles. The van der Waals surface area contributed by atoms with E-state index in [0.29, 0.717) is 0 Å². The SMILES string of the molecule is C=C(CNCCC)CN1CCN(c2ccccn2)CC1. The van der Waals surface area contributed by atoms with E-state index in [2.05, 4.69) is 45.7 Å². The van der Waals surface area contributed by atoms with Gasteiger partial charge in [0.05, 0.1) is 0 Å². The van der Waals surface area contributed by atoms with Gasteiger partial charge in [0.25, 0.3) is 0 Å². The van der Waals surface area contributed by atoms with Crippen LogP contribution in [0, 0.1) is 0 Å². The van der Waals surface area contributed by atoms with E-state index in [0.717, 1.165) is 51.6 Å². The molecule has 0 radical (unpaired) electrons. The number of aromatic nitrogens is 1. The molecule has 0 saturated carbocycles. The highest BCUT2D eigenvalue weighted by Gasteiger charge is 2.17. The highest BCUT2D eigenvalue weighted by atomic mass is 15.3. The minimum atomic E-state index is 0.939. The number of nitrogens with zero attached hydrogens (tertiary/aromatic N) is 3. The van der Waals surface area contributed by atoms with Crippen molar-refractivity contribution in [3.63, 3.8) is 0 Å². The Kier molecular flexibility index (Phi) is 6.02. The highest BCUT2D eigenvalue weighted by molar-refractivity contribution is 5.38. The number of hydrogen-bond acceptors (Lipinski definition) is 4. The van der Waals surface area contributed by atoms with Crippen LogP contribution in [-0.4, -0.2) is 55.7 Å². The number of anilines is 1. The summed E-state index contributed by atoms with van der Waals surface area (Å²) in [6.45, 7) is 13.6. The maximum atomic E-state index is 4.42. The zero-order chi connectivity index (χ0) is 14.2. The van der Waals surface area contributed by atoms with Crippen LogP contribution in [0.25, 0.3) is 0 Å². The summed E-state index contributed by atoms with van der Waals surface area (Å²) in [4.78, 5) is 9.26. The van der Waals surface area contributed by atoms with Crippen molar-refractivity contribution in [3.05, 3.63) is 36.5 Å². The molecule has 0 aromatic carbocycles. The van der Waals surface area contributed by atoms with Gasteiger partial charge in [0.15, 0.2) is 0 Å². The van der Waals surface area contributed by atoms with Crippen molar-refractivity contribution in [1.29, 1.82) is 0 Å². The predicted octanol–water partition coefficient (Wildman–Crippen LogP) is 1.76. The summed E-state index contributed by atoms with van der Waals surface area (Å²) in [5.41, 5.74) is 1.28. The summed E-state index contributed by atoms with van der Waals surface area (Å²) in [6, 6.07) is 6.10. The molecule has 0 aliphatic carbocycles. The van der Waals surface area contributed by atoms with Gasteiger partial charge in [0.2, 0.25) is 0 Å². The Morgan fingerprint density at radius 2 is 2.10 bits per heavy atom. The molecule has 1 aromatic rings. The molecule has 1 saturated heterocycles. The molecular weight excluding hydrogens is 248 g/mol. The quantitative estimate of drug-likeness (QED) is 0.606. The van der Waals surface area contributed by atoms with Crippen LogP contribution in [-0.2, 0) is 0 Å². The predicted molar refractivity (Wildman–Crippen MR) is 85.2 cm³/mol. The zero-order valence-electron chi connectivity index (χ0n) is 12.5. The van der Waals surface area contributed by atoms with Gasteiger partial charge in [-0.25, -0.2) is 4.98 Å². The average molecular weight is 274 g/mol. The highest BCUT2D eigenvalue weighted by Crippen LogP contribution is 2.12. The summed E-state index contributed by atoms with van der Waals surface area (Å²) < 4.78 is 0. The first-order valence-electron chi connectivity index (χ1n) is 7.55. The summed E-state index contributed by atoms with van der Waals surface area (Å²) in [5.74, 6) is 1.09. The van der Waals surface area contributed by atoms with Crippen molar-refractivity contribution < 1.29 is 0 Å². The standard InChI is InChI=1S/C16H26N4/c1-3-7-17-13-15(2)14-19-9-11-20(12-10-19)16-6-4-5-8-18-16/h4-6,8,17H,2-3,7,9-14H2,1H3. The average Bonchev–Trinajstić information content (AvgIpc) is 2.49. The lowest BCUT2D eigenvalue weighted by Gasteiger charge is -2.35. The Bertz CT molecular complexity index is 396. The molecular formula is C16H26N4. The van der Waals surface area contributed by atoms with Crippen molar-refractivity contribution in [1.82, 2.24) is 15.2 Å². The lowest BCUT2D eigenvalue weighted by Crippen LogP contribution is -2.47. The molecule has 0 atom stereocenters. The van der Waals surface area contributed by atoms with Gasteiger partial charge < -0.3 is 10.2 Å². The Labute approximate surface area is 122 Å². The molecule has 2 rings (SSSR count). The monoisotopic (exact) mass is 274 g/mol. The van der Waals surface area contributed by atoms with Crippen molar-refractivity contribution in [2.75, 3.05) is 50.7 Å². The fourth-order valence-corrected chi connectivity index (χ4v) is 2.49. The first kappa shape index (κ1) is 15.0. The lowest BCUT2D eigenvalue weighted by atomic mass is 10.2. The number of rotatable bonds is 7. The number of nitrogens with one attached hydrogen (secondary N) is 1.